The average molecular weight is 381 g/mol. The molecule has 150 valence electrons. The number of hydrogen-bond acceptors (Lipinski definition) is 3. The van der Waals surface area contributed by atoms with Gasteiger partial charge in [-0.15, -0.1) is 0 Å². The third-order valence-corrected chi connectivity index (χ3v) is 4.61. The van der Waals surface area contributed by atoms with Gasteiger partial charge in [0.15, 0.2) is 0 Å². The first kappa shape index (κ1) is 21.7. The van der Waals surface area contributed by atoms with E-state index in [-0.39, 0.29) is 0 Å². The molecule has 2 aromatic carbocycles. The van der Waals surface area contributed by atoms with E-state index < -0.39 is 5.97 Å². The van der Waals surface area contributed by atoms with Gasteiger partial charge in [-0.2, -0.15) is 0 Å². The summed E-state index contributed by atoms with van der Waals surface area (Å²) in [7, 11) is 0. The summed E-state index contributed by atoms with van der Waals surface area (Å²) in [6, 6.07) is 15.5. The molecule has 0 fully saturated rings. The number of unbranched alkanes of at least 4 members (excludes halogenated alkanes) is 6. The van der Waals surface area contributed by atoms with Crippen LogP contribution in [0.3, 0.4) is 0 Å². The van der Waals surface area contributed by atoms with Gasteiger partial charge in [-0.3, -0.25) is 0 Å². The Morgan fingerprint density at radius 2 is 1.61 bits per heavy atom. The van der Waals surface area contributed by atoms with Crippen molar-refractivity contribution in [3.05, 3.63) is 60.7 Å². The molecule has 0 aliphatic heterocycles. The van der Waals surface area contributed by atoms with Crippen molar-refractivity contribution in [3.63, 3.8) is 0 Å². The molecule has 0 N–H and O–H groups in total. The van der Waals surface area contributed by atoms with Gasteiger partial charge in [-0.05, 0) is 31.0 Å². The van der Waals surface area contributed by atoms with Crippen LogP contribution in [0.1, 0.15) is 58.8 Å². The van der Waals surface area contributed by atoms with Crippen molar-refractivity contribution in [3.8, 4) is 22.6 Å². The molecule has 28 heavy (non-hydrogen) atoms. The number of rotatable bonds is 12. The summed E-state index contributed by atoms with van der Waals surface area (Å²) < 4.78 is 11.5. The Morgan fingerprint density at radius 1 is 0.929 bits per heavy atom. The lowest BCUT2D eigenvalue weighted by atomic mass is 10.0. The fourth-order valence-corrected chi connectivity index (χ4v) is 2.97. The third kappa shape index (κ3) is 7.22. The normalized spacial score (nSPS) is 10.5. The number of ether oxygens (including phenoxy) is 2. The minimum Gasteiger partial charge on any atom is -0.493 e. The van der Waals surface area contributed by atoms with Gasteiger partial charge in [-0.1, -0.05) is 82.4 Å². The maximum atomic E-state index is 12.1. The number of carbonyl (C=O) groups excluding carboxylic acids is 1. The number of hydrogen-bond donors (Lipinski definition) is 0. The SMILES string of the molecule is C=C(C)C(=O)Oc1cc(OCCCCCCCCC)ccc1-c1ccccc1. The highest BCUT2D eigenvalue weighted by Gasteiger charge is 2.13. The molecule has 0 aliphatic rings. The van der Waals surface area contributed by atoms with Crippen molar-refractivity contribution in [2.75, 3.05) is 6.61 Å². The summed E-state index contributed by atoms with van der Waals surface area (Å²) in [4.78, 5) is 12.1. The molecule has 0 radical (unpaired) electrons. The fourth-order valence-electron chi connectivity index (χ4n) is 2.97. The van der Waals surface area contributed by atoms with Gasteiger partial charge < -0.3 is 9.47 Å². The van der Waals surface area contributed by atoms with E-state index in [0.717, 1.165) is 23.3 Å². The summed E-state index contributed by atoms with van der Waals surface area (Å²) in [5, 5.41) is 0. The van der Waals surface area contributed by atoms with Crippen molar-refractivity contribution >= 4 is 5.97 Å². The minimum atomic E-state index is -0.429. The van der Waals surface area contributed by atoms with Crippen molar-refractivity contribution in [2.45, 2.75) is 58.8 Å². The molecule has 2 rings (SSSR count). The van der Waals surface area contributed by atoms with Crippen LogP contribution in [0.4, 0.5) is 0 Å². The quantitative estimate of drug-likeness (QED) is 0.173. The molecule has 0 atom stereocenters. The van der Waals surface area contributed by atoms with Crippen LogP contribution in [0.5, 0.6) is 11.5 Å². The first-order valence-corrected chi connectivity index (χ1v) is 10.3. The summed E-state index contributed by atoms with van der Waals surface area (Å²) in [6.07, 6.45) is 8.72. The lowest BCUT2D eigenvalue weighted by molar-refractivity contribution is -0.130. The first-order valence-electron chi connectivity index (χ1n) is 10.3. The highest BCUT2D eigenvalue weighted by atomic mass is 16.5. The van der Waals surface area contributed by atoms with Crippen molar-refractivity contribution in [1.82, 2.24) is 0 Å². The van der Waals surface area contributed by atoms with Crippen LogP contribution in [-0.2, 0) is 4.79 Å². The molecule has 0 bridgehead atoms. The van der Waals surface area contributed by atoms with Crippen LogP contribution in [0.25, 0.3) is 11.1 Å². The van der Waals surface area contributed by atoms with Gasteiger partial charge in [0.05, 0.1) is 6.61 Å². The minimum absolute atomic E-state index is 0.369. The molecule has 0 spiro atoms. The second-order valence-electron chi connectivity index (χ2n) is 7.16. The van der Waals surface area contributed by atoms with E-state index in [2.05, 4.69) is 13.5 Å². The zero-order chi connectivity index (χ0) is 20.2. The number of benzene rings is 2. The molecule has 0 unspecified atom stereocenters. The van der Waals surface area contributed by atoms with Crippen LogP contribution in [0.2, 0.25) is 0 Å². The number of esters is 1. The van der Waals surface area contributed by atoms with Crippen LogP contribution in [-0.4, -0.2) is 12.6 Å². The van der Waals surface area contributed by atoms with Crippen molar-refractivity contribution in [2.24, 2.45) is 0 Å². The summed E-state index contributed by atoms with van der Waals surface area (Å²) in [5.74, 6) is 0.785. The molecular formula is C25H32O3. The average Bonchev–Trinajstić information content (AvgIpc) is 2.70. The maximum Gasteiger partial charge on any atom is 0.338 e. The third-order valence-electron chi connectivity index (χ3n) is 4.61. The highest BCUT2D eigenvalue weighted by Crippen LogP contribution is 2.34. The summed E-state index contributed by atoms with van der Waals surface area (Å²) in [6.45, 7) is 8.22. The second-order valence-corrected chi connectivity index (χ2v) is 7.16. The smallest absolute Gasteiger partial charge is 0.338 e. The van der Waals surface area contributed by atoms with E-state index in [1.165, 1.54) is 38.5 Å². The molecule has 0 saturated carbocycles. The fraction of sp³-hybridized carbons (Fsp3) is 0.400. The number of carbonyl (C=O) groups is 1. The van der Waals surface area contributed by atoms with Crippen LogP contribution < -0.4 is 9.47 Å². The van der Waals surface area contributed by atoms with E-state index >= 15 is 0 Å². The summed E-state index contributed by atoms with van der Waals surface area (Å²) in [5.41, 5.74) is 2.22. The van der Waals surface area contributed by atoms with E-state index in [9.17, 15) is 4.79 Å². The van der Waals surface area contributed by atoms with Gasteiger partial charge >= 0.3 is 5.97 Å². The topological polar surface area (TPSA) is 35.5 Å². The van der Waals surface area contributed by atoms with Gasteiger partial charge in [0.25, 0.3) is 0 Å². The molecule has 0 saturated heterocycles. The Hall–Kier alpha value is -2.55. The van der Waals surface area contributed by atoms with Crippen molar-refractivity contribution in [1.29, 1.82) is 0 Å². The Morgan fingerprint density at radius 3 is 2.29 bits per heavy atom. The van der Waals surface area contributed by atoms with E-state index in [0.29, 0.717) is 17.9 Å². The Balaban J connectivity index is 1.98. The maximum absolute atomic E-state index is 12.1. The zero-order valence-electron chi connectivity index (χ0n) is 17.2. The zero-order valence-corrected chi connectivity index (χ0v) is 17.2. The standard InChI is InChI=1S/C25H32O3/c1-4-5-6-7-8-9-13-18-27-22-16-17-23(21-14-11-10-12-15-21)24(19-22)28-25(26)20(2)3/h10-12,14-17,19H,2,4-9,13,18H2,1,3H3. The highest BCUT2D eigenvalue weighted by molar-refractivity contribution is 5.90. The molecule has 0 aliphatic carbocycles. The molecule has 0 aromatic heterocycles. The molecule has 3 heteroatoms. The first-order chi connectivity index (χ1) is 13.6. The Labute approximate surface area is 169 Å². The largest absolute Gasteiger partial charge is 0.493 e. The lowest BCUT2D eigenvalue weighted by Gasteiger charge is -2.13. The lowest BCUT2D eigenvalue weighted by Crippen LogP contribution is -2.09. The summed E-state index contributed by atoms with van der Waals surface area (Å²) >= 11 is 0. The van der Waals surface area contributed by atoms with E-state index in [1.54, 1.807) is 13.0 Å². The van der Waals surface area contributed by atoms with Gasteiger partial charge in [0, 0.05) is 17.2 Å². The predicted molar refractivity (Wildman–Crippen MR) is 116 cm³/mol. The second kappa shape index (κ2) is 12.0. The monoisotopic (exact) mass is 380 g/mol. The molecule has 0 amide bonds. The molecule has 0 heterocycles. The van der Waals surface area contributed by atoms with Crippen LogP contribution in [0, 0.1) is 0 Å². The van der Waals surface area contributed by atoms with E-state index in [4.69, 9.17) is 9.47 Å². The Kier molecular flexibility index (Phi) is 9.33. The molecule has 3 nitrogen and oxygen atoms in total. The molecular weight excluding hydrogens is 348 g/mol. The predicted octanol–water partition coefficient (Wildman–Crippen LogP) is 6.96. The van der Waals surface area contributed by atoms with Gasteiger partial charge in [-0.25, -0.2) is 4.79 Å². The van der Waals surface area contributed by atoms with Gasteiger partial charge in [0.1, 0.15) is 11.5 Å². The van der Waals surface area contributed by atoms with Crippen LogP contribution >= 0.6 is 0 Å². The Bertz CT molecular complexity index is 750. The van der Waals surface area contributed by atoms with Gasteiger partial charge in [0.2, 0.25) is 0 Å². The molecule has 2 aromatic rings. The van der Waals surface area contributed by atoms with E-state index in [1.807, 2.05) is 42.5 Å². The van der Waals surface area contributed by atoms with Crippen LogP contribution in [0.15, 0.2) is 60.7 Å². The van der Waals surface area contributed by atoms with Crippen molar-refractivity contribution < 1.29 is 14.3 Å².